The lowest BCUT2D eigenvalue weighted by atomic mass is 10.2. The van der Waals surface area contributed by atoms with E-state index >= 15 is 0 Å². The number of carbonyl (C=O) groups is 1. The molecule has 0 aromatic carbocycles. The van der Waals surface area contributed by atoms with E-state index in [0.29, 0.717) is 18.8 Å². The van der Waals surface area contributed by atoms with Gasteiger partial charge in [-0.1, -0.05) is 6.07 Å². The van der Waals surface area contributed by atoms with Crippen LogP contribution in [0.15, 0.2) is 18.3 Å². The Hall–Kier alpha value is -2.03. The molecule has 1 saturated heterocycles. The first-order chi connectivity index (χ1) is 10.9. The van der Waals surface area contributed by atoms with Crippen molar-refractivity contribution in [2.24, 2.45) is 0 Å². The normalized spacial score (nSPS) is 18.7. The smallest absolute Gasteiger partial charge is 0.401 e. The maximum atomic E-state index is 12.3. The SMILES string of the molecule is COc1ncccc1CNC(=O)N[C@@H]1CCN(CC(F)(F)F)C1. The Kier molecular flexibility index (Phi) is 5.64. The van der Waals surface area contributed by atoms with Crippen LogP contribution < -0.4 is 15.4 Å². The molecule has 0 aliphatic carbocycles. The predicted molar refractivity (Wildman–Crippen MR) is 77.1 cm³/mol. The number of rotatable bonds is 5. The molecule has 23 heavy (non-hydrogen) atoms. The van der Waals surface area contributed by atoms with Crippen molar-refractivity contribution in [3.05, 3.63) is 23.9 Å². The molecule has 1 atom stereocenters. The average molecular weight is 332 g/mol. The van der Waals surface area contributed by atoms with Crippen LogP contribution in [-0.2, 0) is 6.54 Å². The van der Waals surface area contributed by atoms with Gasteiger partial charge in [0.15, 0.2) is 0 Å². The van der Waals surface area contributed by atoms with Crippen molar-refractivity contribution in [1.29, 1.82) is 0 Å². The molecule has 1 aliphatic rings. The van der Waals surface area contributed by atoms with E-state index < -0.39 is 18.8 Å². The molecule has 0 bridgehead atoms. The number of hydrogen-bond acceptors (Lipinski definition) is 4. The maximum Gasteiger partial charge on any atom is 0.401 e. The minimum Gasteiger partial charge on any atom is -0.481 e. The highest BCUT2D eigenvalue weighted by molar-refractivity contribution is 5.74. The molecule has 6 nitrogen and oxygen atoms in total. The molecule has 1 aromatic heterocycles. The monoisotopic (exact) mass is 332 g/mol. The van der Waals surface area contributed by atoms with Crippen LogP contribution in [0.1, 0.15) is 12.0 Å². The first kappa shape index (κ1) is 17.3. The fraction of sp³-hybridized carbons (Fsp3) is 0.571. The van der Waals surface area contributed by atoms with Crippen LogP contribution in [-0.4, -0.2) is 54.9 Å². The average Bonchev–Trinajstić information content (AvgIpc) is 2.90. The minimum absolute atomic E-state index is 0.198. The highest BCUT2D eigenvalue weighted by Crippen LogP contribution is 2.20. The number of aromatic nitrogens is 1. The van der Waals surface area contributed by atoms with Crippen LogP contribution in [0.4, 0.5) is 18.0 Å². The fourth-order valence-corrected chi connectivity index (χ4v) is 2.50. The van der Waals surface area contributed by atoms with Gasteiger partial charge in [-0.15, -0.1) is 0 Å². The third kappa shape index (κ3) is 5.59. The largest absolute Gasteiger partial charge is 0.481 e. The number of nitrogens with one attached hydrogen (secondary N) is 2. The summed E-state index contributed by atoms with van der Waals surface area (Å²) in [5.41, 5.74) is 0.718. The second-order valence-corrected chi connectivity index (χ2v) is 5.33. The summed E-state index contributed by atoms with van der Waals surface area (Å²) in [6, 6.07) is 2.79. The molecule has 2 heterocycles. The topological polar surface area (TPSA) is 66.5 Å². The van der Waals surface area contributed by atoms with Gasteiger partial charge in [-0.2, -0.15) is 13.2 Å². The van der Waals surface area contributed by atoms with E-state index in [-0.39, 0.29) is 19.1 Å². The fourth-order valence-electron chi connectivity index (χ4n) is 2.50. The third-order valence-electron chi connectivity index (χ3n) is 3.49. The third-order valence-corrected chi connectivity index (χ3v) is 3.49. The van der Waals surface area contributed by atoms with Gasteiger partial charge in [-0.25, -0.2) is 9.78 Å². The van der Waals surface area contributed by atoms with E-state index in [1.54, 1.807) is 18.3 Å². The van der Waals surface area contributed by atoms with Gasteiger partial charge in [0.25, 0.3) is 0 Å². The van der Waals surface area contributed by atoms with Gasteiger partial charge >= 0.3 is 12.2 Å². The number of halogens is 3. The van der Waals surface area contributed by atoms with E-state index in [9.17, 15) is 18.0 Å². The van der Waals surface area contributed by atoms with Crippen molar-refractivity contribution in [2.75, 3.05) is 26.7 Å². The molecule has 9 heteroatoms. The van der Waals surface area contributed by atoms with Gasteiger partial charge in [-0.05, 0) is 12.5 Å². The zero-order valence-electron chi connectivity index (χ0n) is 12.7. The van der Waals surface area contributed by atoms with Gasteiger partial charge < -0.3 is 15.4 Å². The van der Waals surface area contributed by atoms with Crippen LogP contribution in [0.5, 0.6) is 5.88 Å². The first-order valence-electron chi connectivity index (χ1n) is 7.19. The van der Waals surface area contributed by atoms with Crippen LogP contribution >= 0.6 is 0 Å². The Morgan fingerprint density at radius 3 is 3.00 bits per heavy atom. The molecular weight excluding hydrogens is 313 g/mol. The molecular formula is C14H19F3N4O2. The second kappa shape index (κ2) is 7.49. The van der Waals surface area contributed by atoms with E-state index in [4.69, 9.17) is 4.74 Å². The number of hydrogen-bond donors (Lipinski definition) is 2. The molecule has 0 unspecified atom stereocenters. The first-order valence-corrected chi connectivity index (χ1v) is 7.19. The summed E-state index contributed by atoms with van der Waals surface area (Å²) in [5.74, 6) is 0.421. The Balaban J connectivity index is 1.75. The quantitative estimate of drug-likeness (QED) is 0.858. The number of alkyl halides is 3. The van der Waals surface area contributed by atoms with Crippen LogP contribution in [0.25, 0.3) is 0 Å². The molecule has 128 valence electrons. The van der Waals surface area contributed by atoms with Gasteiger partial charge in [0, 0.05) is 37.4 Å². The zero-order valence-corrected chi connectivity index (χ0v) is 12.7. The van der Waals surface area contributed by atoms with Crippen LogP contribution in [0, 0.1) is 0 Å². The van der Waals surface area contributed by atoms with Crippen molar-refractivity contribution < 1.29 is 22.7 Å². The van der Waals surface area contributed by atoms with Gasteiger partial charge in [0.05, 0.1) is 13.7 Å². The number of carbonyl (C=O) groups excluding carboxylic acids is 1. The standard InChI is InChI=1S/C14H19F3N4O2/c1-23-12-10(3-2-5-18-12)7-19-13(22)20-11-4-6-21(8-11)9-14(15,16)17/h2-3,5,11H,4,6-9H2,1H3,(H2,19,20,22)/t11-/m1/s1. The summed E-state index contributed by atoms with van der Waals surface area (Å²) in [6.45, 7) is -0.203. The molecule has 0 saturated carbocycles. The number of urea groups is 1. The number of amides is 2. The molecule has 1 aromatic rings. The predicted octanol–water partition coefficient (Wildman–Crippen LogP) is 1.53. The summed E-state index contributed by atoms with van der Waals surface area (Å²) in [4.78, 5) is 17.1. The van der Waals surface area contributed by atoms with Gasteiger partial charge in [0.1, 0.15) is 0 Å². The summed E-state index contributed by atoms with van der Waals surface area (Å²) < 4.78 is 42.0. The number of methoxy groups -OCH3 is 1. The van der Waals surface area contributed by atoms with E-state index in [1.807, 2.05) is 0 Å². The van der Waals surface area contributed by atoms with Crippen molar-refractivity contribution >= 4 is 6.03 Å². The molecule has 2 amide bonds. The summed E-state index contributed by atoms with van der Waals surface area (Å²) in [5, 5.41) is 5.33. The number of pyridine rings is 1. The Bertz CT molecular complexity index is 539. The van der Waals surface area contributed by atoms with Gasteiger partial charge in [0.2, 0.25) is 5.88 Å². The second-order valence-electron chi connectivity index (χ2n) is 5.33. The lowest BCUT2D eigenvalue weighted by Crippen LogP contribution is -2.43. The van der Waals surface area contributed by atoms with E-state index in [1.165, 1.54) is 12.0 Å². The van der Waals surface area contributed by atoms with Crippen molar-refractivity contribution in [2.45, 2.75) is 25.2 Å². The maximum absolute atomic E-state index is 12.3. The van der Waals surface area contributed by atoms with Crippen molar-refractivity contribution in [3.63, 3.8) is 0 Å². The van der Waals surface area contributed by atoms with E-state index in [2.05, 4.69) is 15.6 Å². The lowest BCUT2D eigenvalue weighted by Gasteiger charge is -2.18. The van der Waals surface area contributed by atoms with Crippen molar-refractivity contribution in [3.8, 4) is 5.88 Å². The summed E-state index contributed by atoms with van der Waals surface area (Å²) >= 11 is 0. The van der Waals surface area contributed by atoms with Crippen LogP contribution in [0.3, 0.4) is 0 Å². The Labute approximate surface area is 132 Å². The molecule has 2 N–H and O–H groups in total. The molecule has 1 fully saturated rings. The van der Waals surface area contributed by atoms with Crippen molar-refractivity contribution in [1.82, 2.24) is 20.5 Å². The Morgan fingerprint density at radius 2 is 2.30 bits per heavy atom. The zero-order chi connectivity index (χ0) is 16.9. The minimum atomic E-state index is -4.21. The van der Waals surface area contributed by atoms with Crippen LogP contribution in [0.2, 0.25) is 0 Å². The summed E-state index contributed by atoms with van der Waals surface area (Å²) in [7, 11) is 1.49. The molecule has 0 radical (unpaired) electrons. The number of nitrogens with zero attached hydrogens (tertiary/aromatic N) is 2. The number of ether oxygens (including phenoxy) is 1. The molecule has 1 aliphatic heterocycles. The van der Waals surface area contributed by atoms with E-state index in [0.717, 1.165) is 5.56 Å². The highest BCUT2D eigenvalue weighted by Gasteiger charge is 2.34. The van der Waals surface area contributed by atoms with Gasteiger partial charge in [-0.3, -0.25) is 4.90 Å². The lowest BCUT2D eigenvalue weighted by molar-refractivity contribution is -0.143. The summed E-state index contributed by atoms with van der Waals surface area (Å²) in [6.07, 6.45) is -2.14. The highest BCUT2D eigenvalue weighted by atomic mass is 19.4. The molecule has 2 rings (SSSR count). The molecule has 0 spiro atoms. The number of likely N-dealkylation sites (tertiary alicyclic amines) is 1. The Morgan fingerprint density at radius 1 is 1.52 bits per heavy atom.